The monoisotopic (exact) mass is 453 g/mol. The molecule has 0 bridgehead atoms. The smallest absolute Gasteiger partial charge is 0.268 e. The number of anilines is 1. The lowest BCUT2D eigenvalue weighted by atomic mass is 10.2. The molecule has 0 spiro atoms. The van der Waals surface area contributed by atoms with E-state index < -0.39 is 0 Å². The second-order valence-corrected chi connectivity index (χ2v) is 8.05. The molecule has 1 aliphatic heterocycles. The third kappa shape index (κ3) is 3.35. The maximum Gasteiger partial charge on any atom is 0.270 e. The molecule has 0 N–H and O–H groups in total. The van der Waals surface area contributed by atoms with E-state index in [1.54, 1.807) is 4.90 Å². The third-order valence-electron chi connectivity index (χ3n) is 3.05. The van der Waals surface area contributed by atoms with Gasteiger partial charge in [0.1, 0.15) is 0 Å². The Labute approximate surface area is 154 Å². The average molecular weight is 455 g/mol. The van der Waals surface area contributed by atoms with Crippen molar-refractivity contribution in [1.29, 1.82) is 0 Å². The van der Waals surface area contributed by atoms with Gasteiger partial charge in [-0.25, -0.2) is 0 Å². The largest absolute Gasteiger partial charge is 0.270 e. The highest BCUT2D eigenvalue weighted by Gasteiger charge is 2.33. The van der Waals surface area contributed by atoms with Crippen molar-refractivity contribution in [3.8, 4) is 0 Å². The predicted molar refractivity (Wildman–Crippen MR) is 104 cm³/mol. The zero-order valence-electron chi connectivity index (χ0n) is 11.1. The van der Waals surface area contributed by atoms with E-state index in [1.807, 2.05) is 54.6 Å². The van der Waals surface area contributed by atoms with Gasteiger partial charge in [0.05, 0.1) is 10.6 Å². The van der Waals surface area contributed by atoms with Crippen LogP contribution in [-0.2, 0) is 4.79 Å². The molecule has 0 unspecified atom stereocenters. The van der Waals surface area contributed by atoms with Crippen molar-refractivity contribution in [3.05, 3.63) is 67.9 Å². The maximum absolute atomic E-state index is 12.6. The SMILES string of the molecule is O=C1/C(=C/c2ccc(Br)cc2)SC(=S)N1c1ccc(Br)cc1. The van der Waals surface area contributed by atoms with Gasteiger partial charge in [0.15, 0.2) is 4.32 Å². The molecular weight excluding hydrogens is 446 g/mol. The molecule has 2 aromatic carbocycles. The lowest BCUT2D eigenvalue weighted by Gasteiger charge is -2.14. The molecule has 1 saturated heterocycles. The Balaban J connectivity index is 1.91. The normalized spacial score (nSPS) is 16.6. The molecule has 0 atom stereocenters. The van der Waals surface area contributed by atoms with Gasteiger partial charge in [-0.05, 0) is 48.0 Å². The number of carbonyl (C=O) groups is 1. The Morgan fingerprint density at radius 3 is 2.09 bits per heavy atom. The van der Waals surface area contributed by atoms with E-state index in [4.69, 9.17) is 12.2 Å². The average Bonchev–Trinajstić information content (AvgIpc) is 2.77. The fourth-order valence-electron chi connectivity index (χ4n) is 1.99. The van der Waals surface area contributed by atoms with E-state index in [9.17, 15) is 4.79 Å². The third-order valence-corrected chi connectivity index (χ3v) is 5.41. The first-order valence-corrected chi connectivity index (χ1v) is 9.15. The van der Waals surface area contributed by atoms with Crippen molar-refractivity contribution in [2.45, 2.75) is 0 Å². The number of halogens is 2. The van der Waals surface area contributed by atoms with Gasteiger partial charge in [-0.3, -0.25) is 9.69 Å². The van der Waals surface area contributed by atoms with Crippen molar-refractivity contribution in [3.63, 3.8) is 0 Å². The van der Waals surface area contributed by atoms with Crippen molar-refractivity contribution in [2.75, 3.05) is 4.90 Å². The molecule has 0 radical (unpaired) electrons. The Morgan fingerprint density at radius 1 is 0.955 bits per heavy atom. The van der Waals surface area contributed by atoms with Gasteiger partial charge < -0.3 is 0 Å². The molecule has 110 valence electrons. The number of thioether (sulfide) groups is 1. The van der Waals surface area contributed by atoms with E-state index in [-0.39, 0.29) is 5.91 Å². The van der Waals surface area contributed by atoms with E-state index in [0.717, 1.165) is 20.2 Å². The standard InChI is InChI=1S/C16H9Br2NOS2/c17-11-3-1-10(2-4-11)9-14-15(20)19(16(21)22-14)13-7-5-12(18)6-8-13/h1-9H/b14-9-. The van der Waals surface area contributed by atoms with Crippen LogP contribution in [0.5, 0.6) is 0 Å². The highest BCUT2D eigenvalue weighted by Crippen LogP contribution is 2.36. The number of thiocarbonyl (C=S) groups is 1. The fraction of sp³-hybridized carbons (Fsp3) is 0. The van der Waals surface area contributed by atoms with Gasteiger partial charge in [-0.1, -0.05) is 68.0 Å². The molecule has 1 aliphatic rings. The Hall–Kier alpha value is -0.950. The van der Waals surface area contributed by atoms with Gasteiger partial charge in [0.2, 0.25) is 0 Å². The minimum Gasteiger partial charge on any atom is -0.268 e. The minimum atomic E-state index is -0.0831. The Kier molecular flexibility index (Phi) is 4.82. The maximum atomic E-state index is 12.6. The number of rotatable bonds is 2. The summed E-state index contributed by atoms with van der Waals surface area (Å²) in [7, 11) is 0. The van der Waals surface area contributed by atoms with Crippen molar-refractivity contribution < 1.29 is 4.79 Å². The molecule has 1 heterocycles. The van der Waals surface area contributed by atoms with Crippen LogP contribution in [-0.4, -0.2) is 10.2 Å². The molecule has 0 aliphatic carbocycles. The Morgan fingerprint density at radius 2 is 1.50 bits per heavy atom. The highest BCUT2D eigenvalue weighted by molar-refractivity contribution is 9.10. The zero-order chi connectivity index (χ0) is 15.7. The summed E-state index contributed by atoms with van der Waals surface area (Å²) in [6, 6.07) is 15.3. The van der Waals surface area contributed by atoms with Crippen LogP contribution in [0.1, 0.15) is 5.56 Å². The van der Waals surface area contributed by atoms with Crippen LogP contribution in [0.25, 0.3) is 6.08 Å². The van der Waals surface area contributed by atoms with Gasteiger partial charge in [-0.15, -0.1) is 0 Å². The minimum absolute atomic E-state index is 0.0831. The van der Waals surface area contributed by atoms with Crippen LogP contribution in [0, 0.1) is 0 Å². The molecule has 1 fully saturated rings. The van der Waals surface area contributed by atoms with Crippen LogP contribution < -0.4 is 4.90 Å². The number of amides is 1. The van der Waals surface area contributed by atoms with Gasteiger partial charge in [0.25, 0.3) is 5.91 Å². The first-order valence-electron chi connectivity index (χ1n) is 6.34. The summed E-state index contributed by atoms with van der Waals surface area (Å²) in [5.41, 5.74) is 1.75. The lowest BCUT2D eigenvalue weighted by Crippen LogP contribution is -2.27. The quantitative estimate of drug-likeness (QED) is 0.434. The van der Waals surface area contributed by atoms with Gasteiger partial charge in [0, 0.05) is 8.95 Å². The summed E-state index contributed by atoms with van der Waals surface area (Å²) in [5, 5.41) is 0. The summed E-state index contributed by atoms with van der Waals surface area (Å²) in [5.74, 6) is -0.0831. The predicted octanol–water partition coefficient (Wildman–Crippen LogP) is 5.62. The zero-order valence-corrected chi connectivity index (χ0v) is 15.9. The van der Waals surface area contributed by atoms with Crippen molar-refractivity contribution in [1.82, 2.24) is 0 Å². The molecule has 6 heteroatoms. The summed E-state index contributed by atoms with van der Waals surface area (Å²) in [4.78, 5) is 14.8. The number of nitrogens with zero attached hydrogens (tertiary/aromatic N) is 1. The van der Waals surface area contributed by atoms with Crippen LogP contribution in [0.3, 0.4) is 0 Å². The van der Waals surface area contributed by atoms with Gasteiger partial charge in [-0.2, -0.15) is 0 Å². The molecule has 0 aromatic heterocycles. The highest BCUT2D eigenvalue weighted by atomic mass is 79.9. The topological polar surface area (TPSA) is 20.3 Å². The van der Waals surface area contributed by atoms with Crippen molar-refractivity contribution in [2.24, 2.45) is 0 Å². The molecule has 22 heavy (non-hydrogen) atoms. The first-order chi connectivity index (χ1) is 10.5. The molecule has 1 amide bonds. The lowest BCUT2D eigenvalue weighted by molar-refractivity contribution is -0.113. The number of benzene rings is 2. The molecule has 0 saturated carbocycles. The van der Waals surface area contributed by atoms with Crippen LogP contribution in [0.4, 0.5) is 5.69 Å². The second-order valence-electron chi connectivity index (χ2n) is 4.55. The van der Waals surface area contributed by atoms with E-state index in [2.05, 4.69) is 31.9 Å². The summed E-state index contributed by atoms with van der Waals surface area (Å²) in [6.45, 7) is 0. The summed E-state index contributed by atoms with van der Waals surface area (Å²) < 4.78 is 2.52. The first kappa shape index (κ1) is 15.9. The van der Waals surface area contributed by atoms with E-state index in [1.165, 1.54) is 11.8 Å². The molecule has 3 rings (SSSR count). The van der Waals surface area contributed by atoms with Gasteiger partial charge >= 0.3 is 0 Å². The number of carbonyl (C=O) groups excluding carboxylic acids is 1. The van der Waals surface area contributed by atoms with Crippen LogP contribution >= 0.6 is 55.8 Å². The summed E-state index contributed by atoms with van der Waals surface area (Å²) >= 11 is 13.5. The van der Waals surface area contributed by atoms with Crippen LogP contribution in [0.2, 0.25) is 0 Å². The number of hydrogen-bond acceptors (Lipinski definition) is 3. The Bertz CT molecular complexity index is 770. The molecule has 2 aromatic rings. The molecular formula is C16H9Br2NOS2. The summed E-state index contributed by atoms with van der Waals surface area (Å²) in [6.07, 6.45) is 1.87. The van der Waals surface area contributed by atoms with E-state index in [0.29, 0.717) is 9.23 Å². The fourth-order valence-corrected chi connectivity index (χ4v) is 3.82. The van der Waals surface area contributed by atoms with E-state index >= 15 is 0 Å². The second kappa shape index (κ2) is 6.66. The van der Waals surface area contributed by atoms with Crippen molar-refractivity contribution >= 4 is 77.8 Å². The van der Waals surface area contributed by atoms with Crippen LogP contribution in [0.15, 0.2) is 62.4 Å². The number of hydrogen-bond donors (Lipinski definition) is 0. The molecule has 2 nitrogen and oxygen atoms in total.